The van der Waals surface area contributed by atoms with Crippen molar-refractivity contribution in [1.29, 1.82) is 0 Å². The fourth-order valence-electron chi connectivity index (χ4n) is 2.20. The molecule has 0 bridgehead atoms. The third kappa shape index (κ3) is 1.54. The summed E-state index contributed by atoms with van der Waals surface area (Å²) in [5.74, 6) is 0. The highest BCUT2D eigenvalue weighted by molar-refractivity contribution is 5.93. The zero-order valence-corrected chi connectivity index (χ0v) is 9.06. The minimum atomic E-state index is 1.12. The molecule has 78 valence electrons. The molecule has 1 heterocycles. The Hall–Kier alpha value is -1.89. The SMILES string of the molecule is C1=CCCC(c2cncc3ccccc23)=C1. The lowest BCUT2D eigenvalue weighted by molar-refractivity contribution is 1.05. The van der Waals surface area contributed by atoms with E-state index in [1.54, 1.807) is 0 Å². The molecule has 2 aromatic rings. The predicted molar refractivity (Wildman–Crippen MR) is 68.1 cm³/mol. The predicted octanol–water partition coefficient (Wildman–Crippen LogP) is 3.97. The summed E-state index contributed by atoms with van der Waals surface area (Å²) < 4.78 is 0. The zero-order valence-electron chi connectivity index (χ0n) is 9.06. The first kappa shape index (κ1) is 9.34. The van der Waals surface area contributed by atoms with E-state index in [0.717, 1.165) is 12.8 Å². The molecule has 1 aliphatic rings. The molecule has 0 saturated carbocycles. The fourth-order valence-corrected chi connectivity index (χ4v) is 2.20. The van der Waals surface area contributed by atoms with Crippen LogP contribution in [0.3, 0.4) is 0 Å². The van der Waals surface area contributed by atoms with Crippen molar-refractivity contribution in [2.45, 2.75) is 12.8 Å². The summed E-state index contributed by atoms with van der Waals surface area (Å²) in [5.41, 5.74) is 2.68. The smallest absolute Gasteiger partial charge is 0.0349 e. The summed E-state index contributed by atoms with van der Waals surface area (Å²) in [5, 5.41) is 2.52. The van der Waals surface area contributed by atoms with Gasteiger partial charge in [0.15, 0.2) is 0 Å². The number of allylic oxidation sites excluding steroid dienone is 4. The van der Waals surface area contributed by atoms with Crippen molar-refractivity contribution >= 4 is 16.3 Å². The molecule has 1 nitrogen and oxygen atoms in total. The van der Waals surface area contributed by atoms with Crippen molar-refractivity contribution < 1.29 is 0 Å². The van der Waals surface area contributed by atoms with Gasteiger partial charge in [0.2, 0.25) is 0 Å². The third-order valence-electron chi connectivity index (χ3n) is 3.03. The topological polar surface area (TPSA) is 12.9 Å². The standard InChI is InChI=1S/C15H13N/c1-2-6-12(7-3-1)15-11-16-10-13-8-4-5-9-14(13)15/h1-2,4-6,8-11H,3,7H2. The Morgan fingerprint density at radius 1 is 1.06 bits per heavy atom. The first-order valence-electron chi connectivity index (χ1n) is 5.64. The van der Waals surface area contributed by atoms with Gasteiger partial charge in [-0.25, -0.2) is 0 Å². The van der Waals surface area contributed by atoms with Crippen LogP contribution in [0, 0.1) is 0 Å². The van der Waals surface area contributed by atoms with Gasteiger partial charge in [0.25, 0.3) is 0 Å². The summed E-state index contributed by atoms with van der Waals surface area (Å²) in [4.78, 5) is 4.32. The fraction of sp³-hybridized carbons (Fsp3) is 0.133. The molecule has 1 aliphatic carbocycles. The van der Waals surface area contributed by atoms with Crippen molar-refractivity contribution in [3.05, 3.63) is 60.5 Å². The Morgan fingerprint density at radius 3 is 2.88 bits per heavy atom. The Labute approximate surface area is 95.1 Å². The van der Waals surface area contributed by atoms with Gasteiger partial charge >= 0.3 is 0 Å². The Morgan fingerprint density at radius 2 is 2.00 bits per heavy atom. The van der Waals surface area contributed by atoms with Crippen LogP contribution < -0.4 is 0 Å². The molecular weight excluding hydrogens is 194 g/mol. The second-order valence-electron chi connectivity index (χ2n) is 4.07. The number of hydrogen-bond donors (Lipinski definition) is 0. The summed E-state index contributed by atoms with van der Waals surface area (Å²) in [6.07, 6.45) is 12.7. The molecule has 0 aliphatic heterocycles. The summed E-state index contributed by atoms with van der Waals surface area (Å²) >= 11 is 0. The van der Waals surface area contributed by atoms with E-state index in [1.807, 2.05) is 12.4 Å². The normalized spacial score (nSPS) is 15.1. The highest BCUT2D eigenvalue weighted by Gasteiger charge is 2.07. The first-order chi connectivity index (χ1) is 7.95. The Kier molecular flexibility index (Phi) is 2.30. The van der Waals surface area contributed by atoms with E-state index in [2.05, 4.69) is 47.5 Å². The van der Waals surface area contributed by atoms with Crippen LogP contribution in [0.1, 0.15) is 18.4 Å². The van der Waals surface area contributed by atoms with Crippen LogP contribution in [-0.4, -0.2) is 4.98 Å². The number of pyridine rings is 1. The second kappa shape index (κ2) is 3.93. The van der Waals surface area contributed by atoms with Gasteiger partial charge in [-0.1, -0.05) is 42.5 Å². The summed E-state index contributed by atoms with van der Waals surface area (Å²) in [7, 11) is 0. The van der Waals surface area contributed by atoms with E-state index >= 15 is 0 Å². The molecule has 0 spiro atoms. The highest BCUT2D eigenvalue weighted by atomic mass is 14.6. The van der Waals surface area contributed by atoms with Gasteiger partial charge in [-0.2, -0.15) is 0 Å². The summed E-state index contributed by atoms with van der Waals surface area (Å²) in [6.45, 7) is 0. The van der Waals surface area contributed by atoms with Crippen LogP contribution in [0.15, 0.2) is 54.9 Å². The van der Waals surface area contributed by atoms with Crippen LogP contribution >= 0.6 is 0 Å². The van der Waals surface area contributed by atoms with Crippen LogP contribution in [0.4, 0.5) is 0 Å². The Balaban J connectivity index is 2.23. The van der Waals surface area contributed by atoms with Crippen molar-refractivity contribution in [3.63, 3.8) is 0 Å². The minimum absolute atomic E-state index is 1.12. The number of fused-ring (bicyclic) bond motifs is 1. The molecule has 0 unspecified atom stereocenters. The molecule has 0 atom stereocenters. The molecule has 0 N–H and O–H groups in total. The highest BCUT2D eigenvalue weighted by Crippen LogP contribution is 2.28. The largest absolute Gasteiger partial charge is 0.263 e. The number of benzene rings is 1. The van der Waals surface area contributed by atoms with Gasteiger partial charge in [-0.3, -0.25) is 4.98 Å². The molecule has 1 aromatic carbocycles. The number of hydrogen-bond acceptors (Lipinski definition) is 1. The van der Waals surface area contributed by atoms with Crippen molar-refractivity contribution in [2.24, 2.45) is 0 Å². The lowest BCUT2D eigenvalue weighted by Crippen LogP contribution is -1.91. The number of rotatable bonds is 1. The van der Waals surface area contributed by atoms with Crippen molar-refractivity contribution in [2.75, 3.05) is 0 Å². The van der Waals surface area contributed by atoms with Crippen molar-refractivity contribution in [3.8, 4) is 0 Å². The molecule has 16 heavy (non-hydrogen) atoms. The lowest BCUT2D eigenvalue weighted by Gasteiger charge is -2.11. The van der Waals surface area contributed by atoms with E-state index in [-0.39, 0.29) is 0 Å². The quantitative estimate of drug-likeness (QED) is 0.689. The average Bonchev–Trinajstić information content (AvgIpc) is 2.39. The Bertz CT molecular complexity index is 574. The van der Waals surface area contributed by atoms with Crippen LogP contribution in [0.25, 0.3) is 16.3 Å². The van der Waals surface area contributed by atoms with Crippen LogP contribution in [0.5, 0.6) is 0 Å². The third-order valence-corrected chi connectivity index (χ3v) is 3.03. The van der Waals surface area contributed by atoms with Crippen LogP contribution in [-0.2, 0) is 0 Å². The summed E-state index contributed by atoms with van der Waals surface area (Å²) in [6, 6.07) is 8.44. The van der Waals surface area contributed by atoms with Crippen LogP contribution in [0.2, 0.25) is 0 Å². The molecular formula is C15H13N. The number of nitrogens with zero attached hydrogens (tertiary/aromatic N) is 1. The maximum atomic E-state index is 4.32. The van der Waals surface area contributed by atoms with E-state index in [9.17, 15) is 0 Å². The van der Waals surface area contributed by atoms with Gasteiger partial charge < -0.3 is 0 Å². The second-order valence-corrected chi connectivity index (χ2v) is 4.07. The number of aromatic nitrogens is 1. The van der Waals surface area contributed by atoms with Crippen molar-refractivity contribution in [1.82, 2.24) is 4.98 Å². The monoisotopic (exact) mass is 207 g/mol. The minimum Gasteiger partial charge on any atom is -0.263 e. The molecule has 1 aromatic heterocycles. The van der Waals surface area contributed by atoms with Gasteiger partial charge in [-0.15, -0.1) is 0 Å². The molecule has 0 fully saturated rings. The molecule has 3 rings (SSSR count). The average molecular weight is 207 g/mol. The lowest BCUT2D eigenvalue weighted by atomic mass is 9.95. The van der Waals surface area contributed by atoms with E-state index < -0.39 is 0 Å². The molecule has 0 amide bonds. The molecule has 0 saturated heterocycles. The molecule has 0 radical (unpaired) electrons. The zero-order chi connectivity index (χ0) is 10.8. The maximum Gasteiger partial charge on any atom is 0.0349 e. The molecule has 1 heteroatoms. The van der Waals surface area contributed by atoms with E-state index in [4.69, 9.17) is 0 Å². The van der Waals surface area contributed by atoms with E-state index in [1.165, 1.54) is 21.9 Å². The van der Waals surface area contributed by atoms with Gasteiger partial charge in [0, 0.05) is 23.3 Å². The first-order valence-corrected chi connectivity index (χ1v) is 5.64. The van der Waals surface area contributed by atoms with Gasteiger partial charge in [-0.05, 0) is 23.8 Å². The van der Waals surface area contributed by atoms with E-state index in [0.29, 0.717) is 0 Å². The van der Waals surface area contributed by atoms with Gasteiger partial charge in [0.05, 0.1) is 0 Å². The maximum absolute atomic E-state index is 4.32. The van der Waals surface area contributed by atoms with Gasteiger partial charge in [0.1, 0.15) is 0 Å².